The monoisotopic (exact) mass is 476 g/mol. The molecule has 0 aliphatic carbocycles. The van der Waals surface area contributed by atoms with E-state index in [-0.39, 0.29) is 22.0 Å². The van der Waals surface area contributed by atoms with Gasteiger partial charge in [0.2, 0.25) is 0 Å². The van der Waals surface area contributed by atoms with E-state index in [0.717, 1.165) is 11.6 Å². The first kappa shape index (κ1) is 22.8. The first-order valence-corrected chi connectivity index (χ1v) is 10.5. The van der Waals surface area contributed by atoms with Gasteiger partial charge in [0.1, 0.15) is 0 Å². The third kappa shape index (κ3) is 4.84. The van der Waals surface area contributed by atoms with Crippen LogP contribution in [0.2, 0.25) is 5.02 Å². The molecular weight excluding hydrogens is 460 g/mol. The molecule has 34 heavy (non-hydrogen) atoms. The quantitative estimate of drug-likeness (QED) is 0.235. The number of nitro groups is 1. The molecule has 1 amide bonds. The molecule has 2 heterocycles. The molecular formula is C24H17ClN4O5. The highest BCUT2D eigenvalue weighted by atomic mass is 35.5. The first-order valence-electron chi connectivity index (χ1n) is 10.1. The fraction of sp³-hybridized carbons (Fsp3) is 0.0833. The lowest BCUT2D eigenvalue weighted by Crippen LogP contribution is -2.30. The number of anilines is 1. The fourth-order valence-corrected chi connectivity index (χ4v) is 3.47. The van der Waals surface area contributed by atoms with Crippen molar-refractivity contribution in [1.82, 2.24) is 9.97 Å². The number of para-hydroxylation sites is 1. The Morgan fingerprint density at radius 3 is 2.53 bits per heavy atom. The SMILES string of the molecule is CC(OC(=O)c1cc(-c2ccncc2)nc2ccccc12)C(=O)Nc1ccc([N+](=O)[O-])cc1Cl. The van der Waals surface area contributed by atoms with Gasteiger partial charge in [0.25, 0.3) is 11.6 Å². The van der Waals surface area contributed by atoms with Crippen LogP contribution in [0.4, 0.5) is 11.4 Å². The highest BCUT2D eigenvalue weighted by Crippen LogP contribution is 2.28. The number of carbonyl (C=O) groups excluding carboxylic acids is 2. The second-order valence-electron chi connectivity index (χ2n) is 7.27. The first-order chi connectivity index (χ1) is 16.3. The molecule has 0 saturated carbocycles. The molecule has 4 aromatic rings. The molecule has 2 aromatic heterocycles. The van der Waals surface area contributed by atoms with E-state index >= 15 is 0 Å². The summed E-state index contributed by atoms with van der Waals surface area (Å²) in [5.74, 6) is -1.34. The number of nitro benzene ring substituents is 1. The molecule has 0 fully saturated rings. The number of halogens is 1. The Morgan fingerprint density at radius 1 is 1.09 bits per heavy atom. The Labute approximate surface area is 198 Å². The van der Waals surface area contributed by atoms with Gasteiger partial charge in [-0.2, -0.15) is 0 Å². The van der Waals surface area contributed by atoms with Crippen molar-refractivity contribution in [2.45, 2.75) is 13.0 Å². The summed E-state index contributed by atoms with van der Waals surface area (Å²) in [5.41, 5.74) is 2.13. The van der Waals surface area contributed by atoms with E-state index in [1.54, 1.807) is 48.8 Å². The van der Waals surface area contributed by atoms with Crippen LogP contribution < -0.4 is 5.32 Å². The van der Waals surface area contributed by atoms with Gasteiger partial charge in [-0.05, 0) is 37.3 Å². The van der Waals surface area contributed by atoms with Crippen molar-refractivity contribution in [1.29, 1.82) is 0 Å². The Hall–Kier alpha value is -4.37. The topological polar surface area (TPSA) is 124 Å². The van der Waals surface area contributed by atoms with Crippen LogP contribution in [0.3, 0.4) is 0 Å². The number of carbonyl (C=O) groups is 2. The number of pyridine rings is 2. The summed E-state index contributed by atoms with van der Waals surface area (Å²) in [6.45, 7) is 1.42. The van der Waals surface area contributed by atoms with Gasteiger partial charge in [-0.15, -0.1) is 0 Å². The average molecular weight is 477 g/mol. The number of nitrogens with one attached hydrogen (secondary N) is 1. The minimum atomic E-state index is -1.17. The molecule has 9 nitrogen and oxygen atoms in total. The van der Waals surface area contributed by atoms with Crippen molar-refractivity contribution in [3.63, 3.8) is 0 Å². The molecule has 2 aromatic carbocycles. The lowest BCUT2D eigenvalue weighted by Gasteiger charge is -2.15. The standard InChI is InChI=1S/C24H17ClN4O5/c1-14(23(30)28-21-7-6-16(29(32)33)12-19(21)25)34-24(31)18-13-22(15-8-10-26-11-9-15)27-20-5-3-2-4-17(18)20/h2-14H,1H3,(H,28,30). The number of amides is 1. The number of benzene rings is 2. The molecule has 1 unspecified atom stereocenters. The minimum absolute atomic E-state index is 0.0109. The third-order valence-electron chi connectivity index (χ3n) is 4.99. The normalized spacial score (nSPS) is 11.6. The number of esters is 1. The van der Waals surface area contributed by atoms with Crippen molar-refractivity contribution in [2.24, 2.45) is 0 Å². The maximum Gasteiger partial charge on any atom is 0.339 e. The highest BCUT2D eigenvalue weighted by molar-refractivity contribution is 6.34. The number of nitrogens with zero attached hydrogens (tertiary/aromatic N) is 3. The maximum atomic E-state index is 13.1. The second-order valence-corrected chi connectivity index (χ2v) is 7.67. The van der Waals surface area contributed by atoms with Crippen LogP contribution in [0.25, 0.3) is 22.2 Å². The van der Waals surface area contributed by atoms with Crippen LogP contribution in [0.15, 0.2) is 73.1 Å². The van der Waals surface area contributed by atoms with Gasteiger partial charge in [0.05, 0.1) is 32.4 Å². The fourth-order valence-electron chi connectivity index (χ4n) is 3.25. The summed E-state index contributed by atoms with van der Waals surface area (Å²) < 4.78 is 5.43. The van der Waals surface area contributed by atoms with Crippen molar-refractivity contribution in [3.05, 3.63) is 93.8 Å². The Balaban J connectivity index is 1.57. The highest BCUT2D eigenvalue weighted by Gasteiger charge is 2.23. The van der Waals surface area contributed by atoms with Crippen molar-refractivity contribution < 1.29 is 19.2 Å². The summed E-state index contributed by atoms with van der Waals surface area (Å²) in [6, 6.07) is 15.9. The van der Waals surface area contributed by atoms with Crippen molar-refractivity contribution >= 4 is 45.8 Å². The molecule has 1 N–H and O–H groups in total. The molecule has 0 spiro atoms. The van der Waals surface area contributed by atoms with Crippen molar-refractivity contribution in [2.75, 3.05) is 5.32 Å². The van der Waals surface area contributed by atoms with Crippen LogP contribution in [0.5, 0.6) is 0 Å². The molecule has 0 aliphatic rings. The Morgan fingerprint density at radius 2 is 1.82 bits per heavy atom. The average Bonchev–Trinajstić information content (AvgIpc) is 2.84. The van der Waals surface area contributed by atoms with Gasteiger partial charge >= 0.3 is 5.97 Å². The molecule has 0 radical (unpaired) electrons. The molecule has 1 atom stereocenters. The number of ether oxygens (including phenoxy) is 1. The van der Waals surface area contributed by atoms with Gasteiger partial charge in [-0.25, -0.2) is 9.78 Å². The van der Waals surface area contributed by atoms with Crippen LogP contribution in [-0.2, 0) is 9.53 Å². The van der Waals surface area contributed by atoms with Gasteiger partial charge < -0.3 is 10.1 Å². The number of hydrogen-bond acceptors (Lipinski definition) is 7. The molecule has 4 rings (SSSR count). The summed E-state index contributed by atoms with van der Waals surface area (Å²) in [7, 11) is 0. The predicted octanol–water partition coefficient (Wildman–Crippen LogP) is 5.04. The zero-order chi connectivity index (χ0) is 24.2. The van der Waals surface area contributed by atoms with Crippen LogP contribution >= 0.6 is 11.6 Å². The van der Waals surface area contributed by atoms with Gasteiger partial charge in [-0.3, -0.25) is 19.9 Å². The van der Waals surface area contributed by atoms with E-state index in [2.05, 4.69) is 15.3 Å². The lowest BCUT2D eigenvalue weighted by atomic mass is 10.0. The van der Waals surface area contributed by atoms with Crippen molar-refractivity contribution in [3.8, 4) is 11.3 Å². The number of hydrogen-bond donors (Lipinski definition) is 1. The molecule has 0 aliphatic heterocycles. The Bertz CT molecular complexity index is 1410. The number of non-ortho nitro benzene ring substituents is 1. The largest absolute Gasteiger partial charge is 0.449 e. The molecule has 10 heteroatoms. The molecule has 170 valence electrons. The van der Waals surface area contributed by atoms with E-state index in [1.165, 1.54) is 19.1 Å². The summed E-state index contributed by atoms with van der Waals surface area (Å²) in [4.78, 5) is 44.5. The van der Waals surface area contributed by atoms with Crippen LogP contribution in [0.1, 0.15) is 17.3 Å². The Kier molecular flexibility index (Phi) is 6.46. The third-order valence-corrected chi connectivity index (χ3v) is 5.30. The van der Waals surface area contributed by atoms with E-state index in [4.69, 9.17) is 16.3 Å². The predicted molar refractivity (Wildman–Crippen MR) is 127 cm³/mol. The maximum absolute atomic E-state index is 13.1. The number of fused-ring (bicyclic) bond motifs is 1. The van der Waals surface area contributed by atoms with E-state index in [9.17, 15) is 19.7 Å². The van der Waals surface area contributed by atoms with E-state index in [1.807, 2.05) is 6.07 Å². The minimum Gasteiger partial charge on any atom is -0.449 e. The summed E-state index contributed by atoms with van der Waals surface area (Å²) in [5, 5.41) is 13.9. The van der Waals surface area contributed by atoms with E-state index in [0.29, 0.717) is 16.6 Å². The van der Waals surface area contributed by atoms with E-state index < -0.39 is 22.9 Å². The summed E-state index contributed by atoms with van der Waals surface area (Å²) in [6.07, 6.45) is 2.08. The second kappa shape index (κ2) is 9.63. The molecule has 0 saturated heterocycles. The molecule has 0 bridgehead atoms. The van der Waals surface area contributed by atoms with Crippen LogP contribution in [0, 0.1) is 10.1 Å². The van der Waals surface area contributed by atoms with Gasteiger partial charge in [0.15, 0.2) is 6.10 Å². The zero-order valence-electron chi connectivity index (χ0n) is 17.8. The number of rotatable bonds is 6. The zero-order valence-corrected chi connectivity index (χ0v) is 18.5. The van der Waals surface area contributed by atoms with Crippen LogP contribution in [-0.4, -0.2) is 32.9 Å². The van der Waals surface area contributed by atoms with Gasteiger partial charge in [0, 0.05) is 35.5 Å². The number of aromatic nitrogens is 2. The van der Waals surface area contributed by atoms with Gasteiger partial charge in [-0.1, -0.05) is 29.8 Å². The summed E-state index contributed by atoms with van der Waals surface area (Å²) >= 11 is 6.03. The smallest absolute Gasteiger partial charge is 0.339 e. The lowest BCUT2D eigenvalue weighted by molar-refractivity contribution is -0.384.